The number of halogens is 2. The van der Waals surface area contributed by atoms with Crippen molar-refractivity contribution in [3.8, 4) is 0 Å². The molecule has 1 aromatic rings. The molecule has 0 fully saturated rings. The summed E-state index contributed by atoms with van der Waals surface area (Å²) in [6.07, 6.45) is 0. The Kier molecular flexibility index (Phi) is 3.47. The van der Waals surface area contributed by atoms with Gasteiger partial charge in [0.2, 0.25) is 0 Å². The number of Topliss-reactive ketones (excluding diaryl/α,β-unsaturated/α-hetero) is 1. The van der Waals surface area contributed by atoms with Crippen LogP contribution in [0.3, 0.4) is 0 Å². The number of rotatable bonds is 2. The van der Waals surface area contributed by atoms with Crippen LogP contribution in [-0.2, 0) is 4.79 Å². The third-order valence-corrected chi connectivity index (χ3v) is 2.36. The van der Waals surface area contributed by atoms with Crippen molar-refractivity contribution in [2.24, 2.45) is 5.73 Å². The maximum absolute atomic E-state index is 11.0. The first kappa shape index (κ1) is 10.7. The van der Waals surface area contributed by atoms with Crippen molar-refractivity contribution in [2.75, 3.05) is 0 Å². The van der Waals surface area contributed by atoms with Gasteiger partial charge in [-0.25, -0.2) is 0 Å². The van der Waals surface area contributed by atoms with Crippen LogP contribution in [0.15, 0.2) is 22.7 Å². The van der Waals surface area contributed by atoms with Gasteiger partial charge in [0.05, 0.1) is 6.04 Å². The van der Waals surface area contributed by atoms with E-state index in [2.05, 4.69) is 15.9 Å². The molecule has 0 heterocycles. The highest BCUT2D eigenvalue weighted by molar-refractivity contribution is 9.10. The standard InChI is InChI=1S/C9H9BrClNO/c1-5(13)9(12)6-2-7(10)4-8(11)3-6/h2-4,9H,12H2,1H3. The van der Waals surface area contributed by atoms with E-state index in [0.717, 1.165) is 10.0 Å². The molecule has 0 spiro atoms. The fourth-order valence-electron chi connectivity index (χ4n) is 0.989. The molecule has 2 nitrogen and oxygen atoms in total. The molecule has 1 rings (SSSR count). The summed E-state index contributed by atoms with van der Waals surface area (Å²) >= 11 is 9.08. The molecule has 0 saturated heterocycles. The monoisotopic (exact) mass is 261 g/mol. The first-order valence-corrected chi connectivity index (χ1v) is 4.90. The first-order chi connectivity index (χ1) is 6.00. The van der Waals surface area contributed by atoms with Crippen LogP contribution in [0.4, 0.5) is 0 Å². The van der Waals surface area contributed by atoms with Gasteiger partial charge in [0.1, 0.15) is 0 Å². The molecule has 0 radical (unpaired) electrons. The molecule has 1 atom stereocenters. The third-order valence-electron chi connectivity index (χ3n) is 1.68. The number of hydrogen-bond acceptors (Lipinski definition) is 2. The predicted octanol–water partition coefficient (Wildman–Crippen LogP) is 2.69. The molecular formula is C9H9BrClNO. The molecule has 1 aromatic carbocycles. The van der Waals surface area contributed by atoms with E-state index in [1.54, 1.807) is 18.2 Å². The summed E-state index contributed by atoms with van der Waals surface area (Å²) in [6, 6.07) is 4.64. The van der Waals surface area contributed by atoms with Crippen molar-refractivity contribution in [1.82, 2.24) is 0 Å². The molecule has 0 aliphatic heterocycles. The average molecular weight is 263 g/mol. The number of carbonyl (C=O) groups is 1. The van der Waals surface area contributed by atoms with E-state index in [1.807, 2.05) is 0 Å². The van der Waals surface area contributed by atoms with Gasteiger partial charge in [-0.15, -0.1) is 0 Å². The maximum Gasteiger partial charge on any atom is 0.150 e. The van der Waals surface area contributed by atoms with Crippen LogP contribution in [0.2, 0.25) is 5.02 Å². The highest BCUT2D eigenvalue weighted by atomic mass is 79.9. The van der Waals surface area contributed by atoms with Crippen LogP contribution < -0.4 is 5.73 Å². The quantitative estimate of drug-likeness (QED) is 0.890. The van der Waals surface area contributed by atoms with Crippen LogP contribution in [0.25, 0.3) is 0 Å². The largest absolute Gasteiger partial charge is 0.318 e. The second-order valence-corrected chi connectivity index (χ2v) is 4.14. The maximum atomic E-state index is 11.0. The van der Waals surface area contributed by atoms with Crippen LogP contribution in [0.1, 0.15) is 18.5 Å². The number of ketones is 1. The summed E-state index contributed by atoms with van der Waals surface area (Å²) in [5.41, 5.74) is 6.38. The first-order valence-electron chi connectivity index (χ1n) is 3.72. The number of nitrogens with two attached hydrogens (primary N) is 1. The minimum Gasteiger partial charge on any atom is -0.318 e. The van der Waals surface area contributed by atoms with Crippen molar-refractivity contribution >= 4 is 33.3 Å². The molecular weight excluding hydrogens is 253 g/mol. The number of carbonyl (C=O) groups excluding carboxylic acids is 1. The Balaban J connectivity index is 3.07. The molecule has 13 heavy (non-hydrogen) atoms. The van der Waals surface area contributed by atoms with Crippen molar-refractivity contribution < 1.29 is 4.79 Å². The Labute approximate surface area is 90.2 Å². The summed E-state index contributed by atoms with van der Waals surface area (Å²) in [5, 5.41) is 0.570. The van der Waals surface area contributed by atoms with Crippen LogP contribution >= 0.6 is 27.5 Å². The Morgan fingerprint density at radius 3 is 2.62 bits per heavy atom. The second kappa shape index (κ2) is 4.22. The smallest absolute Gasteiger partial charge is 0.150 e. The van der Waals surface area contributed by atoms with Crippen molar-refractivity contribution in [3.63, 3.8) is 0 Å². The van der Waals surface area contributed by atoms with E-state index in [-0.39, 0.29) is 5.78 Å². The van der Waals surface area contributed by atoms with Crippen LogP contribution in [-0.4, -0.2) is 5.78 Å². The van der Waals surface area contributed by atoms with Gasteiger partial charge in [-0.2, -0.15) is 0 Å². The number of benzene rings is 1. The number of hydrogen-bond donors (Lipinski definition) is 1. The SMILES string of the molecule is CC(=O)C(N)c1cc(Cl)cc(Br)c1. The minimum atomic E-state index is -0.588. The molecule has 0 saturated carbocycles. The zero-order valence-corrected chi connectivity index (χ0v) is 9.39. The fraction of sp³-hybridized carbons (Fsp3) is 0.222. The summed E-state index contributed by atoms with van der Waals surface area (Å²) in [5.74, 6) is -0.0748. The summed E-state index contributed by atoms with van der Waals surface area (Å²) in [6.45, 7) is 1.46. The van der Waals surface area contributed by atoms with E-state index >= 15 is 0 Å². The van der Waals surface area contributed by atoms with E-state index in [1.165, 1.54) is 6.92 Å². The fourth-order valence-corrected chi connectivity index (χ4v) is 1.88. The van der Waals surface area contributed by atoms with E-state index in [0.29, 0.717) is 5.02 Å². The topological polar surface area (TPSA) is 43.1 Å². The van der Waals surface area contributed by atoms with E-state index < -0.39 is 6.04 Å². The molecule has 1 unspecified atom stereocenters. The summed E-state index contributed by atoms with van der Waals surface area (Å²) < 4.78 is 0.826. The highest BCUT2D eigenvalue weighted by Gasteiger charge is 2.11. The normalized spacial score (nSPS) is 12.6. The zero-order chi connectivity index (χ0) is 10.0. The lowest BCUT2D eigenvalue weighted by molar-refractivity contribution is -0.118. The van der Waals surface area contributed by atoms with Crippen molar-refractivity contribution in [2.45, 2.75) is 13.0 Å². The van der Waals surface area contributed by atoms with Gasteiger partial charge in [-0.3, -0.25) is 4.79 Å². The molecule has 0 aliphatic rings. The molecule has 0 aromatic heterocycles. The Morgan fingerprint density at radius 1 is 1.54 bits per heavy atom. The zero-order valence-electron chi connectivity index (χ0n) is 7.05. The second-order valence-electron chi connectivity index (χ2n) is 2.79. The lowest BCUT2D eigenvalue weighted by atomic mass is 10.1. The van der Waals surface area contributed by atoms with Crippen molar-refractivity contribution in [3.05, 3.63) is 33.3 Å². The molecule has 0 bridgehead atoms. The van der Waals surface area contributed by atoms with Gasteiger partial charge in [0, 0.05) is 9.50 Å². The molecule has 0 amide bonds. The Hall–Kier alpha value is -0.380. The van der Waals surface area contributed by atoms with Crippen molar-refractivity contribution in [1.29, 1.82) is 0 Å². The Morgan fingerprint density at radius 2 is 2.15 bits per heavy atom. The van der Waals surface area contributed by atoms with Gasteiger partial charge >= 0.3 is 0 Å². The highest BCUT2D eigenvalue weighted by Crippen LogP contribution is 2.23. The van der Waals surface area contributed by atoms with E-state index in [4.69, 9.17) is 17.3 Å². The van der Waals surface area contributed by atoms with Gasteiger partial charge in [-0.1, -0.05) is 27.5 Å². The molecule has 70 valence electrons. The van der Waals surface area contributed by atoms with Gasteiger partial charge in [0.15, 0.2) is 5.78 Å². The lowest BCUT2D eigenvalue weighted by Gasteiger charge is -2.08. The lowest BCUT2D eigenvalue weighted by Crippen LogP contribution is -2.18. The van der Waals surface area contributed by atoms with Crippen LogP contribution in [0, 0.1) is 0 Å². The van der Waals surface area contributed by atoms with Gasteiger partial charge in [0.25, 0.3) is 0 Å². The molecule has 2 N–H and O–H groups in total. The summed E-state index contributed by atoms with van der Waals surface area (Å²) in [7, 11) is 0. The summed E-state index contributed by atoms with van der Waals surface area (Å²) in [4.78, 5) is 11.0. The third kappa shape index (κ3) is 2.79. The molecule has 0 aliphatic carbocycles. The minimum absolute atomic E-state index is 0.0748. The van der Waals surface area contributed by atoms with Gasteiger partial charge in [-0.05, 0) is 30.7 Å². The van der Waals surface area contributed by atoms with Crippen LogP contribution in [0.5, 0.6) is 0 Å². The average Bonchev–Trinajstić information content (AvgIpc) is 2.01. The van der Waals surface area contributed by atoms with E-state index in [9.17, 15) is 4.79 Å². The predicted molar refractivity (Wildman–Crippen MR) is 56.8 cm³/mol. The van der Waals surface area contributed by atoms with Gasteiger partial charge < -0.3 is 5.73 Å². The Bertz CT molecular complexity index is 320. The molecule has 4 heteroatoms.